The molecule has 0 unspecified atom stereocenters. The van der Waals surface area contributed by atoms with Crippen LogP contribution in [0.2, 0.25) is 0 Å². The third kappa shape index (κ3) is 7.69. The highest BCUT2D eigenvalue weighted by Gasteiger charge is 2.30. The maximum atomic E-state index is 12.9. The first kappa shape index (κ1) is 29.7. The minimum atomic E-state index is -0.972. The van der Waals surface area contributed by atoms with Crippen molar-refractivity contribution in [2.45, 2.75) is 79.2 Å². The number of hydrogen-bond donors (Lipinski definition) is 1. The van der Waals surface area contributed by atoms with Gasteiger partial charge in [0.1, 0.15) is 11.5 Å². The fourth-order valence-electron chi connectivity index (χ4n) is 5.93. The summed E-state index contributed by atoms with van der Waals surface area (Å²) in [6.07, 6.45) is 3.81. The van der Waals surface area contributed by atoms with Crippen LogP contribution in [0, 0.1) is 31.6 Å². The third-order valence-electron chi connectivity index (χ3n) is 8.57. The number of carbonyl (C=O) groups is 3. The Morgan fingerprint density at radius 3 is 2.33 bits per heavy atom. The van der Waals surface area contributed by atoms with E-state index in [-0.39, 0.29) is 31.0 Å². The third-order valence-corrected chi connectivity index (χ3v) is 8.57. The van der Waals surface area contributed by atoms with Gasteiger partial charge in [-0.25, -0.2) is 0 Å². The van der Waals surface area contributed by atoms with Crippen molar-refractivity contribution < 1.29 is 24.2 Å². The number of carbonyl (C=O) groups excluding carboxylic acids is 2. The lowest BCUT2D eigenvalue weighted by molar-refractivity contribution is -0.145. The van der Waals surface area contributed by atoms with Crippen LogP contribution in [0.4, 0.5) is 0 Å². The predicted octanol–water partition coefficient (Wildman–Crippen LogP) is 6.51. The van der Waals surface area contributed by atoms with E-state index in [0.717, 1.165) is 56.4 Å². The van der Waals surface area contributed by atoms with Crippen LogP contribution in [0.1, 0.15) is 80.2 Å². The summed E-state index contributed by atoms with van der Waals surface area (Å²) >= 11 is 0. The lowest BCUT2D eigenvalue weighted by Gasteiger charge is -2.32. The summed E-state index contributed by atoms with van der Waals surface area (Å²) < 4.78 is 6.00. The SMILES string of the molecule is Cc1cc2c(cc1C)C(OC(=O)CCC(=O)C[C@H](C(=O)O)C(C)C)=C(CC1CCN(Cc3ccccc3)CC1)C2. The van der Waals surface area contributed by atoms with E-state index in [4.69, 9.17) is 4.74 Å². The molecule has 4 rings (SSSR count). The van der Waals surface area contributed by atoms with Crippen LogP contribution in [0.25, 0.3) is 5.76 Å². The molecule has 40 heavy (non-hydrogen) atoms. The largest absolute Gasteiger partial charge is 0.481 e. The maximum Gasteiger partial charge on any atom is 0.311 e. The second-order valence-electron chi connectivity index (χ2n) is 12.0. The Kier molecular flexibility index (Phi) is 9.96. The molecular formula is C34H43NO5. The van der Waals surface area contributed by atoms with Crippen molar-refractivity contribution in [3.05, 3.63) is 75.9 Å². The highest BCUT2D eigenvalue weighted by Crippen LogP contribution is 2.40. The maximum absolute atomic E-state index is 12.9. The van der Waals surface area contributed by atoms with Crippen LogP contribution >= 0.6 is 0 Å². The number of ketones is 1. The van der Waals surface area contributed by atoms with Crippen LogP contribution in [0.15, 0.2) is 48.0 Å². The van der Waals surface area contributed by atoms with Gasteiger partial charge in [0.05, 0.1) is 12.3 Å². The van der Waals surface area contributed by atoms with E-state index in [2.05, 4.69) is 61.2 Å². The lowest BCUT2D eigenvalue weighted by Crippen LogP contribution is -2.33. The number of rotatable bonds is 12. The second kappa shape index (κ2) is 13.4. The molecule has 6 heteroatoms. The summed E-state index contributed by atoms with van der Waals surface area (Å²) in [5.41, 5.74) is 7.09. The van der Waals surface area contributed by atoms with Crippen molar-refractivity contribution in [1.82, 2.24) is 4.90 Å². The van der Waals surface area contributed by atoms with E-state index in [1.165, 1.54) is 22.3 Å². The Morgan fingerprint density at radius 2 is 1.68 bits per heavy atom. The molecule has 1 aliphatic heterocycles. The van der Waals surface area contributed by atoms with Gasteiger partial charge in [0.2, 0.25) is 0 Å². The van der Waals surface area contributed by atoms with Crippen LogP contribution in [-0.2, 0) is 32.1 Å². The fourth-order valence-corrected chi connectivity index (χ4v) is 5.93. The number of carboxylic acid groups (broad SMARTS) is 1. The molecule has 2 aromatic rings. The van der Waals surface area contributed by atoms with E-state index in [1.807, 2.05) is 0 Å². The van der Waals surface area contributed by atoms with Gasteiger partial charge in [0.15, 0.2) is 0 Å². The average molecular weight is 546 g/mol. The molecule has 2 aromatic carbocycles. The van der Waals surface area contributed by atoms with Gasteiger partial charge in [-0.1, -0.05) is 50.2 Å². The number of hydrogen-bond acceptors (Lipinski definition) is 5. The topological polar surface area (TPSA) is 83.9 Å². The number of carboxylic acids is 1. The number of piperidine rings is 1. The number of allylic oxidation sites excluding steroid dienone is 1. The lowest BCUT2D eigenvalue weighted by atomic mass is 9.89. The first-order chi connectivity index (χ1) is 19.1. The molecule has 214 valence electrons. The van der Waals surface area contributed by atoms with Crippen molar-refractivity contribution in [1.29, 1.82) is 0 Å². The molecular weight excluding hydrogens is 502 g/mol. The van der Waals surface area contributed by atoms with E-state index in [1.54, 1.807) is 13.8 Å². The molecule has 0 aromatic heterocycles. The zero-order valence-electron chi connectivity index (χ0n) is 24.4. The molecule has 1 saturated heterocycles. The van der Waals surface area contributed by atoms with E-state index < -0.39 is 17.9 Å². The van der Waals surface area contributed by atoms with Gasteiger partial charge in [-0.2, -0.15) is 0 Å². The quantitative estimate of drug-likeness (QED) is 0.306. The number of aliphatic carboxylic acids is 1. The fraction of sp³-hybridized carbons (Fsp3) is 0.500. The zero-order chi connectivity index (χ0) is 28.8. The molecule has 0 amide bonds. The summed E-state index contributed by atoms with van der Waals surface area (Å²) in [5, 5.41) is 9.39. The van der Waals surface area contributed by atoms with Crippen LogP contribution < -0.4 is 0 Å². The van der Waals surface area contributed by atoms with Gasteiger partial charge in [-0.15, -0.1) is 0 Å². The van der Waals surface area contributed by atoms with Gasteiger partial charge in [-0.05, 0) is 98.3 Å². The monoisotopic (exact) mass is 545 g/mol. The van der Waals surface area contributed by atoms with Gasteiger partial charge in [-0.3, -0.25) is 19.3 Å². The number of ether oxygens (including phenoxy) is 1. The summed E-state index contributed by atoms with van der Waals surface area (Å²) in [5.74, 6) is -1.28. The smallest absolute Gasteiger partial charge is 0.311 e. The number of Topliss-reactive ketones (excluding diaryl/α,β-unsaturated/α-hetero) is 1. The Labute approximate surface area is 238 Å². The summed E-state index contributed by atoms with van der Waals surface area (Å²) in [4.78, 5) is 39.4. The molecule has 2 aliphatic rings. The predicted molar refractivity (Wildman–Crippen MR) is 157 cm³/mol. The van der Waals surface area contributed by atoms with Crippen LogP contribution in [0.3, 0.4) is 0 Å². The van der Waals surface area contributed by atoms with E-state index in [0.29, 0.717) is 11.7 Å². The van der Waals surface area contributed by atoms with Gasteiger partial charge < -0.3 is 9.84 Å². The first-order valence-electron chi connectivity index (χ1n) is 14.6. The average Bonchev–Trinajstić information content (AvgIpc) is 3.22. The van der Waals surface area contributed by atoms with Crippen molar-refractivity contribution in [3.8, 4) is 0 Å². The van der Waals surface area contributed by atoms with Crippen molar-refractivity contribution in [2.75, 3.05) is 13.1 Å². The minimum Gasteiger partial charge on any atom is -0.481 e. The summed E-state index contributed by atoms with van der Waals surface area (Å²) in [6.45, 7) is 10.9. The molecule has 0 saturated carbocycles. The number of nitrogens with zero attached hydrogens (tertiary/aromatic N) is 1. The van der Waals surface area contributed by atoms with Crippen LogP contribution in [0.5, 0.6) is 0 Å². The Bertz CT molecular complexity index is 1250. The molecule has 1 N–H and O–H groups in total. The standard InChI is InChI=1S/C34H43NO5/c1-22(2)30(34(38)39)20-29(36)10-11-32(37)40-33-28(19-27-16-23(3)24(4)17-31(27)33)18-25-12-14-35(15-13-25)21-26-8-6-5-7-9-26/h5-9,16-17,22,25,30H,10-15,18-21H2,1-4H3,(H,38,39)/t30-/m0/s1. The minimum absolute atomic E-state index is 0.00238. The van der Waals surface area contributed by atoms with Crippen molar-refractivity contribution in [2.24, 2.45) is 17.8 Å². The molecule has 1 fully saturated rings. The van der Waals surface area contributed by atoms with Gasteiger partial charge in [0, 0.05) is 24.9 Å². The number of esters is 1. The van der Waals surface area contributed by atoms with Gasteiger partial charge >= 0.3 is 11.9 Å². The van der Waals surface area contributed by atoms with E-state index in [9.17, 15) is 19.5 Å². The van der Waals surface area contributed by atoms with E-state index >= 15 is 0 Å². The molecule has 1 heterocycles. The van der Waals surface area contributed by atoms with Gasteiger partial charge in [0.25, 0.3) is 0 Å². The summed E-state index contributed by atoms with van der Waals surface area (Å²) in [7, 11) is 0. The molecule has 1 atom stereocenters. The zero-order valence-corrected chi connectivity index (χ0v) is 24.4. The molecule has 0 bridgehead atoms. The Hall–Kier alpha value is -3.25. The normalized spacial score (nSPS) is 16.7. The van der Waals surface area contributed by atoms with Crippen LogP contribution in [-0.4, -0.2) is 40.8 Å². The van der Waals surface area contributed by atoms with Crippen molar-refractivity contribution >= 4 is 23.5 Å². The molecule has 0 radical (unpaired) electrons. The highest BCUT2D eigenvalue weighted by atomic mass is 16.5. The van der Waals surface area contributed by atoms with Crippen molar-refractivity contribution in [3.63, 3.8) is 0 Å². The Balaban J connectivity index is 1.39. The highest BCUT2D eigenvalue weighted by molar-refractivity contribution is 5.88. The number of fused-ring (bicyclic) bond motifs is 1. The molecule has 1 aliphatic carbocycles. The summed E-state index contributed by atoms with van der Waals surface area (Å²) in [6, 6.07) is 14.9. The number of benzene rings is 2. The molecule has 0 spiro atoms. The number of aryl methyl sites for hydroxylation is 2. The first-order valence-corrected chi connectivity index (χ1v) is 14.6. The second-order valence-corrected chi connectivity index (χ2v) is 12.0. The molecule has 6 nitrogen and oxygen atoms in total. The number of likely N-dealkylation sites (tertiary alicyclic amines) is 1. The Morgan fingerprint density at radius 1 is 1.00 bits per heavy atom.